The van der Waals surface area contributed by atoms with Gasteiger partial charge in [0.2, 0.25) is 0 Å². The minimum atomic E-state index is 0.477. The second-order valence-electron chi connectivity index (χ2n) is 3.25. The Kier molecular flexibility index (Phi) is 5.82. The highest BCUT2D eigenvalue weighted by molar-refractivity contribution is 6.30. The lowest BCUT2D eigenvalue weighted by Gasteiger charge is -2.08. The van der Waals surface area contributed by atoms with Crippen molar-refractivity contribution < 1.29 is 4.74 Å². The molecule has 0 aliphatic rings. The van der Waals surface area contributed by atoms with Gasteiger partial charge >= 0.3 is 0 Å². The van der Waals surface area contributed by atoms with E-state index in [-0.39, 0.29) is 0 Å². The molecule has 16 heavy (non-hydrogen) atoms. The molecule has 0 aliphatic heterocycles. The van der Waals surface area contributed by atoms with Gasteiger partial charge in [-0.05, 0) is 13.3 Å². The van der Waals surface area contributed by atoms with Crippen LogP contribution in [0.15, 0.2) is 19.0 Å². The van der Waals surface area contributed by atoms with Crippen LogP contribution in [-0.4, -0.2) is 29.7 Å². The number of hydrogen-bond donors (Lipinski definition) is 1. The quantitative estimate of drug-likeness (QED) is 0.453. The van der Waals surface area contributed by atoms with E-state index in [1.807, 2.05) is 13.0 Å². The summed E-state index contributed by atoms with van der Waals surface area (Å²) in [6.07, 6.45) is 4.15. The number of nitrogens with zero attached hydrogens (tertiary/aromatic N) is 2. The Morgan fingerprint density at radius 2 is 2.31 bits per heavy atom. The molecule has 0 radical (unpaired) electrons. The third-order valence-corrected chi connectivity index (χ3v) is 2.41. The second kappa shape index (κ2) is 7.19. The zero-order valence-corrected chi connectivity index (χ0v) is 10.1. The Morgan fingerprint density at radius 1 is 1.50 bits per heavy atom. The van der Waals surface area contributed by atoms with Crippen LogP contribution in [0.3, 0.4) is 0 Å². The molecule has 0 unspecified atom stereocenters. The first-order valence-electron chi connectivity index (χ1n) is 5.15. The van der Waals surface area contributed by atoms with E-state index < -0.39 is 0 Å². The molecule has 88 valence electrons. The lowest BCUT2D eigenvalue weighted by Crippen LogP contribution is -2.12. The van der Waals surface area contributed by atoms with Crippen LogP contribution in [0.4, 0.5) is 5.82 Å². The van der Waals surface area contributed by atoms with E-state index in [4.69, 9.17) is 16.3 Å². The van der Waals surface area contributed by atoms with Crippen molar-refractivity contribution in [1.82, 2.24) is 9.97 Å². The fraction of sp³-hybridized carbons (Fsp3) is 0.455. The molecule has 0 saturated carbocycles. The molecule has 1 aromatic rings. The third kappa shape index (κ3) is 4.16. The minimum Gasteiger partial charge on any atom is -0.379 e. The first-order valence-corrected chi connectivity index (χ1v) is 5.53. The van der Waals surface area contributed by atoms with E-state index in [1.54, 1.807) is 0 Å². The Balaban J connectivity index is 2.26. The lowest BCUT2D eigenvalue weighted by atomic mass is 10.3. The summed E-state index contributed by atoms with van der Waals surface area (Å²) < 4.78 is 5.36. The summed E-state index contributed by atoms with van der Waals surface area (Å²) in [5.74, 6) is 0.757. The molecule has 1 rings (SSSR count). The topological polar surface area (TPSA) is 47.0 Å². The predicted molar refractivity (Wildman–Crippen MR) is 65.9 cm³/mol. The smallest absolute Gasteiger partial charge is 0.137 e. The number of rotatable bonds is 7. The first-order chi connectivity index (χ1) is 7.75. The van der Waals surface area contributed by atoms with E-state index in [0.29, 0.717) is 24.9 Å². The fourth-order valence-electron chi connectivity index (χ4n) is 1.12. The molecule has 0 aromatic carbocycles. The van der Waals surface area contributed by atoms with Crippen molar-refractivity contribution in [1.29, 1.82) is 0 Å². The van der Waals surface area contributed by atoms with E-state index in [2.05, 4.69) is 21.9 Å². The highest BCUT2D eigenvalue weighted by Gasteiger charge is 2.03. The van der Waals surface area contributed by atoms with Gasteiger partial charge in [-0.2, -0.15) is 0 Å². The van der Waals surface area contributed by atoms with Crippen LogP contribution in [0.2, 0.25) is 5.15 Å². The molecule has 0 bridgehead atoms. The number of halogens is 1. The molecule has 1 N–H and O–H groups in total. The Bertz CT molecular complexity index is 344. The minimum absolute atomic E-state index is 0.477. The summed E-state index contributed by atoms with van der Waals surface area (Å²) in [7, 11) is 0. The van der Waals surface area contributed by atoms with Crippen molar-refractivity contribution in [2.24, 2.45) is 0 Å². The third-order valence-electron chi connectivity index (χ3n) is 2.03. The van der Waals surface area contributed by atoms with Crippen LogP contribution in [0, 0.1) is 6.92 Å². The molecule has 0 aliphatic carbocycles. The highest BCUT2D eigenvalue weighted by atomic mass is 35.5. The largest absolute Gasteiger partial charge is 0.379 e. The van der Waals surface area contributed by atoms with E-state index in [0.717, 1.165) is 17.8 Å². The van der Waals surface area contributed by atoms with Crippen molar-refractivity contribution >= 4 is 17.4 Å². The maximum Gasteiger partial charge on any atom is 0.137 e. The maximum atomic E-state index is 5.86. The van der Waals surface area contributed by atoms with Gasteiger partial charge in [-0.25, -0.2) is 9.97 Å². The molecule has 0 amide bonds. The van der Waals surface area contributed by atoms with Crippen molar-refractivity contribution in [2.75, 3.05) is 25.1 Å². The fourth-order valence-corrected chi connectivity index (χ4v) is 1.25. The lowest BCUT2D eigenvalue weighted by molar-refractivity contribution is 0.149. The zero-order chi connectivity index (χ0) is 11.8. The van der Waals surface area contributed by atoms with Gasteiger partial charge in [-0.15, -0.1) is 6.58 Å². The highest BCUT2D eigenvalue weighted by Crippen LogP contribution is 2.17. The molecule has 0 fully saturated rings. The van der Waals surface area contributed by atoms with Gasteiger partial charge in [-0.1, -0.05) is 17.7 Å². The SMILES string of the molecule is C=CCCOCCNc1ncnc(Cl)c1C. The molecular weight excluding hydrogens is 226 g/mol. The van der Waals surface area contributed by atoms with E-state index in [1.165, 1.54) is 6.33 Å². The monoisotopic (exact) mass is 241 g/mol. The Hall–Kier alpha value is -1.13. The van der Waals surface area contributed by atoms with Crippen molar-refractivity contribution in [2.45, 2.75) is 13.3 Å². The summed E-state index contributed by atoms with van der Waals surface area (Å²) >= 11 is 5.86. The van der Waals surface area contributed by atoms with Gasteiger partial charge < -0.3 is 10.1 Å². The van der Waals surface area contributed by atoms with Gasteiger partial charge in [0.25, 0.3) is 0 Å². The average Bonchev–Trinajstić information content (AvgIpc) is 2.29. The van der Waals surface area contributed by atoms with Crippen molar-refractivity contribution in [3.05, 3.63) is 29.7 Å². The molecule has 0 saturated heterocycles. The van der Waals surface area contributed by atoms with Crippen molar-refractivity contribution in [3.63, 3.8) is 0 Å². The number of nitrogens with one attached hydrogen (secondary N) is 1. The standard InChI is InChI=1S/C11H16ClN3O/c1-3-4-6-16-7-5-13-11-9(2)10(12)14-8-15-11/h3,8H,1,4-7H2,2H3,(H,13,14,15). The summed E-state index contributed by atoms with van der Waals surface area (Å²) in [5, 5.41) is 3.62. The van der Waals surface area contributed by atoms with Gasteiger partial charge in [0.05, 0.1) is 13.2 Å². The van der Waals surface area contributed by atoms with Crippen molar-refractivity contribution in [3.8, 4) is 0 Å². The molecule has 0 spiro atoms. The van der Waals surface area contributed by atoms with Crippen LogP contribution in [0.5, 0.6) is 0 Å². The zero-order valence-electron chi connectivity index (χ0n) is 9.37. The van der Waals surface area contributed by atoms with Gasteiger partial charge in [0, 0.05) is 12.1 Å². The van der Waals surface area contributed by atoms with Gasteiger partial charge in [-0.3, -0.25) is 0 Å². The molecule has 1 aromatic heterocycles. The number of ether oxygens (including phenoxy) is 1. The van der Waals surface area contributed by atoms with Crippen LogP contribution >= 0.6 is 11.6 Å². The van der Waals surface area contributed by atoms with Crippen LogP contribution in [0.1, 0.15) is 12.0 Å². The Labute approximate surface area is 101 Å². The van der Waals surface area contributed by atoms with Crippen LogP contribution < -0.4 is 5.32 Å². The molecule has 0 atom stereocenters. The molecular formula is C11H16ClN3O. The van der Waals surface area contributed by atoms with E-state index >= 15 is 0 Å². The normalized spacial score (nSPS) is 10.1. The van der Waals surface area contributed by atoms with Crippen LogP contribution in [-0.2, 0) is 4.74 Å². The number of aromatic nitrogens is 2. The Morgan fingerprint density at radius 3 is 3.06 bits per heavy atom. The van der Waals surface area contributed by atoms with Gasteiger partial charge in [0.1, 0.15) is 17.3 Å². The summed E-state index contributed by atoms with van der Waals surface area (Å²) in [6, 6.07) is 0. The second-order valence-corrected chi connectivity index (χ2v) is 3.61. The van der Waals surface area contributed by atoms with Crippen LogP contribution in [0.25, 0.3) is 0 Å². The van der Waals surface area contributed by atoms with E-state index in [9.17, 15) is 0 Å². The first kappa shape index (κ1) is 12.9. The maximum absolute atomic E-state index is 5.86. The molecule has 5 heteroatoms. The molecule has 4 nitrogen and oxygen atoms in total. The van der Waals surface area contributed by atoms with Gasteiger partial charge in [0.15, 0.2) is 0 Å². The summed E-state index contributed by atoms with van der Waals surface area (Å²) in [4.78, 5) is 7.97. The summed E-state index contributed by atoms with van der Waals surface area (Å²) in [5.41, 5.74) is 0.857. The average molecular weight is 242 g/mol. The number of anilines is 1. The summed E-state index contributed by atoms with van der Waals surface area (Å²) in [6.45, 7) is 7.53. The number of hydrogen-bond acceptors (Lipinski definition) is 4. The predicted octanol–water partition coefficient (Wildman–Crippen LogP) is 2.44. The molecule has 1 heterocycles.